The first-order chi connectivity index (χ1) is 10.2. The van der Waals surface area contributed by atoms with Gasteiger partial charge in [-0.25, -0.2) is 0 Å². The molecule has 0 unspecified atom stereocenters. The van der Waals surface area contributed by atoms with Crippen LogP contribution in [0.2, 0.25) is 5.02 Å². The van der Waals surface area contributed by atoms with Gasteiger partial charge < -0.3 is 15.0 Å². The number of halogens is 1. The summed E-state index contributed by atoms with van der Waals surface area (Å²) in [7, 11) is 3.82. The van der Waals surface area contributed by atoms with Gasteiger partial charge in [0.2, 0.25) is 0 Å². The topological polar surface area (TPSA) is 36.9 Å². The highest BCUT2D eigenvalue weighted by Gasteiger charge is 2.20. The van der Waals surface area contributed by atoms with Gasteiger partial charge in [0.15, 0.2) is 5.96 Å². The first-order valence-corrected chi connectivity index (χ1v) is 7.81. The van der Waals surface area contributed by atoms with Crippen molar-refractivity contribution in [2.24, 2.45) is 10.9 Å². The third kappa shape index (κ3) is 5.94. The van der Waals surface area contributed by atoms with Crippen molar-refractivity contribution in [3.8, 4) is 0 Å². The van der Waals surface area contributed by atoms with E-state index in [1.54, 1.807) is 7.05 Å². The minimum absolute atomic E-state index is 0.726. The zero-order valence-corrected chi connectivity index (χ0v) is 13.6. The van der Waals surface area contributed by atoms with Crippen LogP contribution in [0.25, 0.3) is 0 Å². The molecule has 5 heteroatoms. The number of nitrogens with one attached hydrogen (secondary N) is 1. The van der Waals surface area contributed by atoms with Crippen molar-refractivity contribution in [2.45, 2.75) is 19.4 Å². The van der Waals surface area contributed by atoms with Crippen molar-refractivity contribution >= 4 is 17.6 Å². The predicted octanol–water partition coefficient (Wildman–Crippen LogP) is 2.77. The summed E-state index contributed by atoms with van der Waals surface area (Å²) in [5, 5.41) is 4.08. The van der Waals surface area contributed by atoms with E-state index in [1.807, 2.05) is 31.3 Å². The van der Waals surface area contributed by atoms with E-state index in [0.29, 0.717) is 0 Å². The highest BCUT2D eigenvalue weighted by molar-refractivity contribution is 6.30. The Bertz CT molecular complexity index is 457. The number of nitrogens with zero attached hydrogens (tertiary/aromatic N) is 2. The molecule has 21 heavy (non-hydrogen) atoms. The summed E-state index contributed by atoms with van der Waals surface area (Å²) in [6, 6.07) is 7.88. The molecule has 1 saturated carbocycles. The Hall–Kier alpha value is -1.26. The maximum Gasteiger partial charge on any atom is 0.193 e. The minimum Gasteiger partial charge on any atom is -0.379 e. The Morgan fingerprint density at radius 2 is 2.10 bits per heavy atom. The van der Waals surface area contributed by atoms with Gasteiger partial charge in [0.1, 0.15) is 0 Å². The third-order valence-electron chi connectivity index (χ3n) is 3.49. The Labute approximate surface area is 132 Å². The van der Waals surface area contributed by atoms with E-state index < -0.39 is 0 Å². The molecule has 0 radical (unpaired) electrons. The zero-order valence-electron chi connectivity index (χ0n) is 12.8. The Kier molecular flexibility index (Phi) is 6.33. The summed E-state index contributed by atoms with van der Waals surface area (Å²) in [4.78, 5) is 6.38. The number of hydrogen-bond acceptors (Lipinski definition) is 2. The molecule has 1 aromatic rings. The summed E-state index contributed by atoms with van der Waals surface area (Å²) >= 11 is 5.90. The number of aliphatic imine (C=N–C) groups is 1. The molecule has 1 aliphatic carbocycles. The van der Waals surface area contributed by atoms with Crippen LogP contribution in [0.4, 0.5) is 0 Å². The van der Waals surface area contributed by atoms with Crippen molar-refractivity contribution in [2.75, 3.05) is 33.9 Å². The molecular formula is C16H24ClN3O. The molecule has 4 nitrogen and oxygen atoms in total. The van der Waals surface area contributed by atoms with Crippen LogP contribution in [0.1, 0.15) is 18.4 Å². The summed E-state index contributed by atoms with van der Waals surface area (Å²) < 4.78 is 5.61. The zero-order chi connectivity index (χ0) is 15.1. The highest BCUT2D eigenvalue weighted by atomic mass is 35.5. The van der Waals surface area contributed by atoms with Crippen LogP contribution in [0.5, 0.6) is 0 Å². The number of guanidine groups is 1. The van der Waals surface area contributed by atoms with E-state index in [-0.39, 0.29) is 0 Å². The average Bonchev–Trinajstić information content (AvgIpc) is 3.29. The molecule has 0 atom stereocenters. The fourth-order valence-corrected chi connectivity index (χ4v) is 2.22. The van der Waals surface area contributed by atoms with Crippen molar-refractivity contribution < 1.29 is 4.74 Å². The molecule has 0 aliphatic heterocycles. The number of ether oxygens (including phenoxy) is 1. The normalized spacial score (nSPS) is 15.1. The molecule has 0 aromatic heterocycles. The SMILES string of the molecule is CN=C(NCCOCC1CC1)N(C)Cc1ccc(Cl)cc1. The lowest BCUT2D eigenvalue weighted by molar-refractivity contribution is 0.128. The monoisotopic (exact) mass is 309 g/mol. The maximum absolute atomic E-state index is 5.90. The van der Waals surface area contributed by atoms with Crippen molar-refractivity contribution in [3.63, 3.8) is 0 Å². The molecule has 1 aromatic carbocycles. The number of benzene rings is 1. The lowest BCUT2D eigenvalue weighted by Gasteiger charge is -2.22. The maximum atomic E-state index is 5.90. The van der Waals surface area contributed by atoms with Crippen LogP contribution in [0.3, 0.4) is 0 Å². The lowest BCUT2D eigenvalue weighted by atomic mass is 10.2. The Balaban J connectivity index is 1.69. The van der Waals surface area contributed by atoms with Gasteiger partial charge in [0.05, 0.1) is 6.61 Å². The second kappa shape index (κ2) is 8.25. The standard InChI is InChI=1S/C16H24ClN3O/c1-18-16(19-9-10-21-12-14-3-4-14)20(2)11-13-5-7-15(17)8-6-13/h5-8,14H,3-4,9-12H2,1-2H3,(H,18,19). The van der Waals surface area contributed by atoms with E-state index >= 15 is 0 Å². The fourth-order valence-electron chi connectivity index (χ4n) is 2.09. The largest absolute Gasteiger partial charge is 0.379 e. The van der Waals surface area contributed by atoms with Crippen molar-refractivity contribution in [1.82, 2.24) is 10.2 Å². The fraction of sp³-hybridized carbons (Fsp3) is 0.562. The van der Waals surface area contributed by atoms with Crippen LogP contribution in [-0.2, 0) is 11.3 Å². The van der Waals surface area contributed by atoms with E-state index in [9.17, 15) is 0 Å². The molecule has 0 amide bonds. The molecule has 2 rings (SSSR count). The minimum atomic E-state index is 0.726. The molecule has 1 fully saturated rings. The third-order valence-corrected chi connectivity index (χ3v) is 3.74. The van der Waals surface area contributed by atoms with Gasteiger partial charge in [-0.3, -0.25) is 4.99 Å². The van der Waals surface area contributed by atoms with Crippen LogP contribution in [0.15, 0.2) is 29.3 Å². The summed E-state index contributed by atoms with van der Waals surface area (Å²) in [5.41, 5.74) is 1.20. The second-order valence-electron chi connectivity index (χ2n) is 5.47. The molecular weight excluding hydrogens is 286 g/mol. The smallest absolute Gasteiger partial charge is 0.193 e. The van der Waals surface area contributed by atoms with E-state index in [1.165, 1.54) is 18.4 Å². The number of hydrogen-bond donors (Lipinski definition) is 1. The Morgan fingerprint density at radius 1 is 1.38 bits per heavy atom. The van der Waals surface area contributed by atoms with Gasteiger partial charge >= 0.3 is 0 Å². The molecule has 1 aliphatic rings. The van der Waals surface area contributed by atoms with Gasteiger partial charge in [0.25, 0.3) is 0 Å². The van der Waals surface area contributed by atoms with E-state index in [0.717, 1.165) is 43.2 Å². The molecule has 0 bridgehead atoms. The highest BCUT2D eigenvalue weighted by Crippen LogP contribution is 2.28. The number of rotatable bonds is 7. The van der Waals surface area contributed by atoms with Gasteiger partial charge in [-0.2, -0.15) is 0 Å². The second-order valence-corrected chi connectivity index (χ2v) is 5.91. The first-order valence-electron chi connectivity index (χ1n) is 7.43. The van der Waals surface area contributed by atoms with Crippen LogP contribution in [-0.4, -0.2) is 44.7 Å². The lowest BCUT2D eigenvalue weighted by Crippen LogP contribution is -2.40. The van der Waals surface area contributed by atoms with Crippen molar-refractivity contribution in [1.29, 1.82) is 0 Å². The molecule has 0 spiro atoms. The van der Waals surface area contributed by atoms with Crippen molar-refractivity contribution in [3.05, 3.63) is 34.9 Å². The van der Waals surface area contributed by atoms with Crippen LogP contribution >= 0.6 is 11.6 Å². The predicted molar refractivity (Wildman–Crippen MR) is 87.8 cm³/mol. The molecule has 1 N–H and O–H groups in total. The van der Waals surface area contributed by atoms with Crippen LogP contribution in [0, 0.1) is 5.92 Å². The molecule has 116 valence electrons. The molecule has 0 saturated heterocycles. The summed E-state index contributed by atoms with van der Waals surface area (Å²) in [6.45, 7) is 3.20. The summed E-state index contributed by atoms with van der Waals surface area (Å²) in [5.74, 6) is 1.69. The molecule has 0 heterocycles. The van der Waals surface area contributed by atoms with Crippen LogP contribution < -0.4 is 5.32 Å². The van der Waals surface area contributed by atoms with E-state index in [4.69, 9.17) is 16.3 Å². The first kappa shape index (κ1) is 16.1. The van der Waals surface area contributed by atoms with Gasteiger partial charge in [-0.1, -0.05) is 23.7 Å². The van der Waals surface area contributed by atoms with E-state index in [2.05, 4.69) is 15.2 Å². The Morgan fingerprint density at radius 3 is 2.71 bits per heavy atom. The van der Waals surface area contributed by atoms with Gasteiger partial charge in [-0.15, -0.1) is 0 Å². The quantitative estimate of drug-likeness (QED) is 0.478. The summed E-state index contributed by atoms with van der Waals surface area (Å²) in [6.07, 6.45) is 2.66. The van der Waals surface area contributed by atoms with Gasteiger partial charge in [-0.05, 0) is 36.5 Å². The van der Waals surface area contributed by atoms with Gasteiger partial charge in [0, 0.05) is 38.8 Å². The average molecular weight is 310 g/mol.